The largest absolute Gasteiger partial charge is 0.395 e. The van der Waals surface area contributed by atoms with Crippen LogP contribution in [0.4, 0.5) is 13.2 Å². The Morgan fingerprint density at radius 1 is 1.16 bits per heavy atom. The highest BCUT2D eigenvalue weighted by atomic mass is 32.2. The molecule has 0 spiro atoms. The van der Waals surface area contributed by atoms with Crippen LogP contribution in [0.3, 0.4) is 0 Å². The van der Waals surface area contributed by atoms with Crippen LogP contribution in [0.2, 0.25) is 0 Å². The van der Waals surface area contributed by atoms with Gasteiger partial charge >= 0.3 is 6.18 Å². The molecule has 0 saturated heterocycles. The van der Waals surface area contributed by atoms with Crippen LogP contribution in [-0.4, -0.2) is 57.1 Å². The van der Waals surface area contributed by atoms with Crippen molar-refractivity contribution in [2.45, 2.75) is 18.5 Å². The van der Waals surface area contributed by atoms with E-state index in [0.717, 1.165) is 29.1 Å². The number of hydrogen-bond acceptors (Lipinski definition) is 6. The molecular formula is C19H18F3N7O2S. The number of H-pyrrole nitrogens is 1. The Labute approximate surface area is 180 Å². The maximum Gasteiger partial charge on any atom is 0.395 e. The van der Waals surface area contributed by atoms with Crippen LogP contribution < -0.4 is 4.72 Å². The topological polar surface area (TPSA) is 118 Å². The Morgan fingerprint density at radius 2 is 1.97 bits per heavy atom. The predicted octanol–water partition coefficient (Wildman–Crippen LogP) is 2.79. The molecule has 168 valence electrons. The van der Waals surface area contributed by atoms with Crippen LogP contribution >= 0.6 is 0 Å². The molecule has 4 aromatic rings. The lowest BCUT2D eigenvalue weighted by Gasteiger charge is -2.20. The minimum Gasteiger partial charge on any atom is -0.343 e. The average Bonchev–Trinajstić information content (AvgIpc) is 3.39. The van der Waals surface area contributed by atoms with E-state index in [0.29, 0.717) is 11.5 Å². The standard InChI is InChI=1S/C19H18F3N7O2S/c1-32(30,31)28-7-5-15(19(20,21)22)12-2-3-16(24-8-12)29-10-13(9-27-29)14-4-6-23-18-17(14)25-11-26-18/h2-4,6,8-11,15,28H,5,7H2,1H3,(H,23,25,26). The summed E-state index contributed by atoms with van der Waals surface area (Å²) >= 11 is 0. The van der Waals surface area contributed by atoms with Gasteiger partial charge in [-0.1, -0.05) is 6.07 Å². The molecule has 0 aliphatic heterocycles. The molecule has 0 amide bonds. The molecule has 4 aromatic heterocycles. The smallest absolute Gasteiger partial charge is 0.343 e. The van der Waals surface area contributed by atoms with Gasteiger partial charge in [0.25, 0.3) is 0 Å². The third-order valence-corrected chi connectivity index (χ3v) is 5.55. The van der Waals surface area contributed by atoms with Crippen LogP contribution in [0.5, 0.6) is 0 Å². The summed E-state index contributed by atoms with van der Waals surface area (Å²) in [5, 5.41) is 4.25. The first-order valence-electron chi connectivity index (χ1n) is 9.42. The van der Waals surface area contributed by atoms with E-state index in [1.54, 1.807) is 24.7 Å². The zero-order valence-electron chi connectivity index (χ0n) is 16.7. The summed E-state index contributed by atoms with van der Waals surface area (Å²) in [4.78, 5) is 15.4. The maximum absolute atomic E-state index is 13.5. The van der Waals surface area contributed by atoms with Gasteiger partial charge < -0.3 is 4.98 Å². The van der Waals surface area contributed by atoms with E-state index in [-0.39, 0.29) is 12.1 Å². The van der Waals surface area contributed by atoms with Gasteiger partial charge in [0.15, 0.2) is 11.5 Å². The van der Waals surface area contributed by atoms with Crippen molar-refractivity contribution in [3.8, 4) is 16.9 Å². The van der Waals surface area contributed by atoms with Crippen LogP contribution in [0, 0.1) is 0 Å². The summed E-state index contributed by atoms with van der Waals surface area (Å²) in [7, 11) is -3.58. The number of nitrogens with one attached hydrogen (secondary N) is 2. The number of rotatable bonds is 7. The third-order valence-electron chi connectivity index (χ3n) is 4.82. The summed E-state index contributed by atoms with van der Waals surface area (Å²) in [6.07, 6.45) is 3.52. The fraction of sp³-hybridized carbons (Fsp3) is 0.263. The van der Waals surface area contributed by atoms with Crippen molar-refractivity contribution in [2.75, 3.05) is 12.8 Å². The van der Waals surface area contributed by atoms with E-state index in [2.05, 4.69) is 29.8 Å². The van der Waals surface area contributed by atoms with Crippen LogP contribution in [0.25, 0.3) is 28.1 Å². The molecule has 32 heavy (non-hydrogen) atoms. The van der Waals surface area contributed by atoms with Gasteiger partial charge in [0, 0.05) is 36.3 Å². The van der Waals surface area contributed by atoms with Crippen molar-refractivity contribution in [3.05, 3.63) is 54.9 Å². The first-order chi connectivity index (χ1) is 15.1. The quantitative estimate of drug-likeness (QED) is 0.433. The highest BCUT2D eigenvalue weighted by Crippen LogP contribution is 2.37. The summed E-state index contributed by atoms with van der Waals surface area (Å²) in [5.74, 6) is -1.51. The Bertz CT molecular complexity index is 1330. The van der Waals surface area contributed by atoms with E-state index in [1.165, 1.54) is 23.1 Å². The van der Waals surface area contributed by atoms with Crippen LogP contribution in [0.1, 0.15) is 17.9 Å². The zero-order valence-corrected chi connectivity index (χ0v) is 17.5. The van der Waals surface area contributed by atoms with Crippen molar-refractivity contribution in [2.24, 2.45) is 0 Å². The SMILES string of the molecule is CS(=O)(=O)NCCC(c1ccc(-n2cc(-c3ccnc4nc[nH]c34)cn2)nc1)C(F)(F)F. The second kappa shape index (κ2) is 8.31. The number of nitrogens with zero attached hydrogens (tertiary/aromatic N) is 5. The lowest BCUT2D eigenvalue weighted by Crippen LogP contribution is -2.29. The monoisotopic (exact) mass is 465 g/mol. The number of hydrogen-bond donors (Lipinski definition) is 2. The molecular weight excluding hydrogens is 447 g/mol. The number of aromatic amines is 1. The van der Waals surface area contributed by atoms with Crippen LogP contribution in [-0.2, 0) is 10.0 Å². The normalized spacial score (nSPS) is 13.5. The molecule has 0 aliphatic carbocycles. The number of alkyl halides is 3. The number of halogens is 3. The van der Waals surface area contributed by atoms with E-state index in [4.69, 9.17) is 0 Å². The van der Waals surface area contributed by atoms with Crippen LogP contribution in [0.15, 0.2) is 49.3 Å². The molecule has 2 N–H and O–H groups in total. The first kappa shape index (κ1) is 21.9. The fourth-order valence-electron chi connectivity index (χ4n) is 3.32. The predicted molar refractivity (Wildman–Crippen MR) is 111 cm³/mol. The Balaban J connectivity index is 1.56. The maximum atomic E-state index is 13.5. The average molecular weight is 465 g/mol. The molecule has 1 unspecified atom stereocenters. The Morgan fingerprint density at radius 3 is 2.66 bits per heavy atom. The van der Waals surface area contributed by atoms with Gasteiger partial charge in [-0.15, -0.1) is 0 Å². The molecule has 0 radical (unpaired) electrons. The summed E-state index contributed by atoms with van der Waals surface area (Å²) in [6.45, 7) is -0.332. The zero-order chi connectivity index (χ0) is 22.9. The lowest BCUT2D eigenvalue weighted by atomic mass is 9.97. The number of pyridine rings is 2. The van der Waals surface area contributed by atoms with E-state index in [9.17, 15) is 21.6 Å². The molecule has 0 saturated carbocycles. The second-order valence-electron chi connectivity index (χ2n) is 7.13. The molecule has 9 nitrogen and oxygen atoms in total. The van der Waals surface area contributed by atoms with Crippen molar-refractivity contribution in [1.29, 1.82) is 0 Å². The van der Waals surface area contributed by atoms with Gasteiger partial charge in [-0.25, -0.2) is 32.8 Å². The minimum atomic E-state index is -4.54. The van der Waals surface area contributed by atoms with E-state index in [1.807, 2.05) is 0 Å². The molecule has 0 aromatic carbocycles. The van der Waals surface area contributed by atoms with E-state index >= 15 is 0 Å². The summed E-state index contributed by atoms with van der Waals surface area (Å²) < 4.78 is 66.3. The van der Waals surface area contributed by atoms with Gasteiger partial charge in [0.1, 0.15) is 0 Å². The number of fused-ring (bicyclic) bond motifs is 1. The van der Waals surface area contributed by atoms with Crippen molar-refractivity contribution >= 4 is 21.2 Å². The van der Waals surface area contributed by atoms with Crippen molar-refractivity contribution < 1.29 is 21.6 Å². The molecule has 0 bridgehead atoms. The number of imidazole rings is 1. The molecule has 0 fully saturated rings. The molecule has 1 atom stereocenters. The molecule has 0 aliphatic rings. The molecule has 13 heteroatoms. The van der Waals surface area contributed by atoms with E-state index < -0.39 is 28.5 Å². The lowest BCUT2D eigenvalue weighted by molar-refractivity contribution is -0.151. The molecule has 4 heterocycles. The third kappa shape index (κ3) is 4.78. The Kier molecular flexibility index (Phi) is 5.69. The number of sulfonamides is 1. The molecule has 4 rings (SSSR count). The first-order valence-corrected chi connectivity index (χ1v) is 11.3. The fourth-order valence-corrected chi connectivity index (χ4v) is 3.81. The highest BCUT2D eigenvalue weighted by Gasteiger charge is 2.40. The second-order valence-corrected chi connectivity index (χ2v) is 8.97. The highest BCUT2D eigenvalue weighted by molar-refractivity contribution is 7.88. The Hall–Kier alpha value is -3.32. The van der Waals surface area contributed by atoms with Crippen molar-refractivity contribution in [3.63, 3.8) is 0 Å². The summed E-state index contributed by atoms with van der Waals surface area (Å²) in [6, 6.07) is 4.56. The van der Waals surface area contributed by atoms with Crippen molar-refractivity contribution in [1.82, 2.24) is 34.4 Å². The van der Waals surface area contributed by atoms with Gasteiger partial charge in [-0.05, 0) is 24.1 Å². The minimum absolute atomic E-state index is 0.0581. The van der Waals surface area contributed by atoms with Gasteiger partial charge in [-0.3, -0.25) is 0 Å². The summed E-state index contributed by atoms with van der Waals surface area (Å²) in [5.41, 5.74) is 2.82. The van der Waals surface area contributed by atoms with Gasteiger partial charge in [0.05, 0.1) is 30.2 Å². The number of aromatic nitrogens is 6. The van der Waals surface area contributed by atoms with Gasteiger partial charge in [-0.2, -0.15) is 18.3 Å². The van der Waals surface area contributed by atoms with Gasteiger partial charge in [0.2, 0.25) is 10.0 Å².